The van der Waals surface area contributed by atoms with Crippen molar-refractivity contribution in [3.63, 3.8) is 0 Å². The van der Waals surface area contributed by atoms with Crippen LogP contribution in [0.15, 0.2) is 59.8 Å². The summed E-state index contributed by atoms with van der Waals surface area (Å²) in [6.45, 7) is 5.00. The highest BCUT2D eigenvalue weighted by atomic mass is 35.5. The van der Waals surface area contributed by atoms with Crippen molar-refractivity contribution in [2.45, 2.75) is 24.4 Å². The number of para-hydroxylation sites is 1. The average molecular weight is 497 g/mol. The second-order valence-electron chi connectivity index (χ2n) is 8.64. The Hall–Kier alpha value is -2.71. The molecule has 0 saturated carbocycles. The molecule has 9 heteroatoms. The molecule has 0 spiro atoms. The van der Waals surface area contributed by atoms with E-state index in [0.29, 0.717) is 18.8 Å². The van der Waals surface area contributed by atoms with E-state index in [1.807, 2.05) is 41.3 Å². The fourth-order valence-electron chi connectivity index (χ4n) is 4.56. The second-order valence-corrected chi connectivity index (χ2v) is 10.0. The molecule has 1 aromatic heterocycles. The summed E-state index contributed by atoms with van der Waals surface area (Å²) >= 11 is 7.61. The number of anilines is 2. The van der Waals surface area contributed by atoms with E-state index in [-0.39, 0.29) is 5.91 Å². The van der Waals surface area contributed by atoms with Gasteiger partial charge in [0, 0.05) is 50.0 Å². The van der Waals surface area contributed by atoms with Gasteiger partial charge in [0.15, 0.2) is 5.16 Å². The Bertz CT molecular complexity index is 1110. The molecular weight excluding hydrogens is 468 g/mol. The lowest BCUT2D eigenvalue weighted by Crippen LogP contribution is -2.49. The quantitative estimate of drug-likeness (QED) is 0.473. The zero-order valence-electron chi connectivity index (χ0n) is 19.1. The van der Waals surface area contributed by atoms with Gasteiger partial charge in [-0.2, -0.15) is 0 Å². The van der Waals surface area contributed by atoms with Gasteiger partial charge in [-0.1, -0.05) is 47.6 Å². The number of piperazine rings is 1. The maximum absolute atomic E-state index is 13.0. The van der Waals surface area contributed by atoms with Crippen molar-refractivity contribution in [1.29, 1.82) is 0 Å². The number of carbonyl (C=O) groups is 1. The number of hydrogen-bond acceptors (Lipinski definition) is 6. The molecule has 0 radical (unpaired) electrons. The van der Waals surface area contributed by atoms with Crippen LogP contribution in [0.1, 0.15) is 19.3 Å². The molecular formula is C25H29ClN6OS. The second kappa shape index (κ2) is 10.7. The third-order valence-electron chi connectivity index (χ3n) is 6.40. The van der Waals surface area contributed by atoms with Crippen molar-refractivity contribution in [3.05, 3.63) is 59.6 Å². The molecule has 2 aliphatic rings. The van der Waals surface area contributed by atoms with Gasteiger partial charge in [-0.25, -0.2) is 0 Å². The Morgan fingerprint density at radius 3 is 2.29 bits per heavy atom. The van der Waals surface area contributed by atoms with Crippen molar-refractivity contribution in [2.75, 3.05) is 54.8 Å². The summed E-state index contributed by atoms with van der Waals surface area (Å²) in [5.41, 5.74) is 2.13. The minimum Gasteiger partial charge on any atom is -0.368 e. The molecule has 1 amide bonds. The summed E-state index contributed by atoms with van der Waals surface area (Å²) < 4.78 is 2.10. The highest BCUT2D eigenvalue weighted by molar-refractivity contribution is 7.99. The van der Waals surface area contributed by atoms with Gasteiger partial charge < -0.3 is 14.7 Å². The van der Waals surface area contributed by atoms with E-state index in [4.69, 9.17) is 11.6 Å². The van der Waals surface area contributed by atoms with E-state index in [1.165, 1.54) is 31.0 Å². The number of benzene rings is 2. The number of nitrogens with zero attached hydrogens (tertiary/aromatic N) is 6. The molecule has 178 valence electrons. The highest BCUT2D eigenvalue weighted by Gasteiger charge is 2.25. The molecule has 0 unspecified atom stereocenters. The van der Waals surface area contributed by atoms with E-state index in [2.05, 4.69) is 42.8 Å². The molecule has 7 nitrogen and oxygen atoms in total. The minimum atomic E-state index is 0.137. The van der Waals surface area contributed by atoms with Crippen LogP contribution in [-0.2, 0) is 4.79 Å². The van der Waals surface area contributed by atoms with Crippen molar-refractivity contribution < 1.29 is 4.79 Å². The molecule has 2 fully saturated rings. The number of piperidine rings is 1. The first-order valence-corrected chi connectivity index (χ1v) is 13.2. The first kappa shape index (κ1) is 23.1. The molecule has 0 N–H and O–H groups in total. The molecule has 3 heterocycles. The number of carbonyl (C=O) groups excluding carboxylic acids is 1. The molecule has 0 aliphatic carbocycles. The summed E-state index contributed by atoms with van der Waals surface area (Å²) in [5.74, 6) is 1.36. The number of thioether (sulfide) groups is 1. The number of hydrogen-bond donors (Lipinski definition) is 0. The summed E-state index contributed by atoms with van der Waals surface area (Å²) in [6, 6.07) is 18.1. The van der Waals surface area contributed by atoms with Crippen LogP contribution in [-0.4, -0.2) is 70.6 Å². The molecule has 0 bridgehead atoms. The maximum Gasteiger partial charge on any atom is 0.233 e. The van der Waals surface area contributed by atoms with Gasteiger partial charge in [-0.15, -0.1) is 10.2 Å². The zero-order valence-corrected chi connectivity index (χ0v) is 20.7. The van der Waals surface area contributed by atoms with Gasteiger partial charge in [0.2, 0.25) is 11.9 Å². The SMILES string of the molecule is O=C(CSc1nnc(N2CCCCC2)n1-c1ccccc1)N1CCN(c2cccc(Cl)c2)CC1. The van der Waals surface area contributed by atoms with Gasteiger partial charge >= 0.3 is 0 Å². The molecule has 34 heavy (non-hydrogen) atoms. The van der Waals surface area contributed by atoms with E-state index in [9.17, 15) is 4.79 Å². The van der Waals surface area contributed by atoms with Gasteiger partial charge in [0.05, 0.1) is 11.4 Å². The molecule has 2 saturated heterocycles. The lowest BCUT2D eigenvalue weighted by atomic mass is 10.1. The summed E-state index contributed by atoms with van der Waals surface area (Å²) in [5, 5.41) is 10.5. The van der Waals surface area contributed by atoms with Crippen LogP contribution in [0.2, 0.25) is 5.02 Å². The first-order valence-electron chi connectivity index (χ1n) is 11.9. The van der Waals surface area contributed by atoms with E-state index in [0.717, 1.165) is 53.7 Å². The number of aromatic nitrogens is 3. The van der Waals surface area contributed by atoms with Crippen molar-refractivity contribution in [2.24, 2.45) is 0 Å². The summed E-state index contributed by atoms with van der Waals surface area (Å²) in [4.78, 5) is 19.6. The van der Waals surface area contributed by atoms with Crippen molar-refractivity contribution in [1.82, 2.24) is 19.7 Å². The topological polar surface area (TPSA) is 57.5 Å². The van der Waals surface area contributed by atoms with E-state index < -0.39 is 0 Å². The van der Waals surface area contributed by atoms with Crippen LogP contribution in [0, 0.1) is 0 Å². The zero-order chi connectivity index (χ0) is 23.3. The third-order valence-corrected chi connectivity index (χ3v) is 7.55. The predicted octanol–water partition coefficient (Wildman–Crippen LogP) is 4.35. The minimum absolute atomic E-state index is 0.137. The monoisotopic (exact) mass is 496 g/mol. The van der Waals surface area contributed by atoms with Crippen molar-refractivity contribution in [3.8, 4) is 5.69 Å². The van der Waals surface area contributed by atoms with Crippen LogP contribution >= 0.6 is 23.4 Å². The fraction of sp³-hybridized carbons (Fsp3) is 0.400. The predicted molar refractivity (Wildman–Crippen MR) is 138 cm³/mol. The van der Waals surface area contributed by atoms with Gasteiger partial charge in [-0.3, -0.25) is 9.36 Å². The smallest absolute Gasteiger partial charge is 0.233 e. The van der Waals surface area contributed by atoms with Crippen molar-refractivity contribution >= 4 is 40.9 Å². The van der Waals surface area contributed by atoms with Crippen LogP contribution in [0.5, 0.6) is 0 Å². The summed E-state index contributed by atoms with van der Waals surface area (Å²) in [7, 11) is 0. The van der Waals surface area contributed by atoms with Gasteiger partial charge in [0.1, 0.15) is 0 Å². The largest absolute Gasteiger partial charge is 0.368 e. The fourth-order valence-corrected chi connectivity index (χ4v) is 5.60. The highest BCUT2D eigenvalue weighted by Crippen LogP contribution is 2.29. The van der Waals surface area contributed by atoms with Crippen LogP contribution in [0.3, 0.4) is 0 Å². The Balaban J connectivity index is 1.24. The normalized spacial score (nSPS) is 16.7. The Kier molecular flexibility index (Phi) is 7.25. The summed E-state index contributed by atoms with van der Waals surface area (Å²) in [6.07, 6.45) is 3.60. The van der Waals surface area contributed by atoms with E-state index >= 15 is 0 Å². The first-order chi connectivity index (χ1) is 16.7. The maximum atomic E-state index is 13.0. The molecule has 5 rings (SSSR count). The number of amides is 1. The number of rotatable bonds is 6. The van der Waals surface area contributed by atoms with Gasteiger partial charge in [-0.05, 0) is 49.6 Å². The molecule has 2 aliphatic heterocycles. The molecule has 0 atom stereocenters. The van der Waals surface area contributed by atoms with Crippen LogP contribution < -0.4 is 9.80 Å². The third kappa shape index (κ3) is 5.18. The molecule has 3 aromatic rings. The van der Waals surface area contributed by atoms with E-state index in [1.54, 1.807) is 0 Å². The Morgan fingerprint density at radius 1 is 0.824 bits per heavy atom. The Morgan fingerprint density at radius 2 is 1.56 bits per heavy atom. The lowest BCUT2D eigenvalue weighted by Gasteiger charge is -2.36. The lowest BCUT2D eigenvalue weighted by molar-refractivity contribution is -0.128. The molecule has 2 aromatic carbocycles. The number of halogens is 1. The average Bonchev–Trinajstić information content (AvgIpc) is 3.32. The van der Waals surface area contributed by atoms with Crippen LogP contribution in [0.4, 0.5) is 11.6 Å². The van der Waals surface area contributed by atoms with Gasteiger partial charge in [0.25, 0.3) is 0 Å². The Labute approximate surface area is 209 Å². The van der Waals surface area contributed by atoms with Crippen LogP contribution in [0.25, 0.3) is 5.69 Å². The standard InChI is InChI=1S/C25H29ClN6OS/c26-20-8-7-11-22(18-20)29-14-16-30(17-15-29)23(33)19-34-25-28-27-24(31-12-5-2-6-13-31)32(25)21-9-3-1-4-10-21/h1,3-4,7-11,18H,2,5-6,12-17,19H2.